The molecule has 110 valence electrons. The van der Waals surface area contributed by atoms with Crippen LogP contribution in [0.2, 0.25) is 0 Å². The average Bonchev–Trinajstić information content (AvgIpc) is 2.45. The highest BCUT2D eigenvalue weighted by atomic mass is 32.2. The van der Waals surface area contributed by atoms with Crippen LogP contribution in [0, 0.1) is 6.92 Å². The molecule has 0 saturated heterocycles. The van der Waals surface area contributed by atoms with Crippen LogP contribution in [-0.4, -0.2) is 21.8 Å². The van der Waals surface area contributed by atoms with Gasteiger partial charge in [-0.05, 0) is 32.0 Å². The van der Waals surface area contributed by atoms with E-state index in [2.05, 4.69) is 16.0 Å². The van der Waals surface area contributed by atoms with Gasteiger partial charge in [-0.1, -0.05) is 12.1 Å². The lowest BCUT2D eigenvalue weighted by molar-refractivity contribution is 0.209. The number of nitrogens with zero attached hydrogens (tertiary/aromatic N) is 2. The van der Waals surface area contributed by atoms with Crippen molar-refractivity contribution in [2.45, 2.75) is 37.3 Å². The van der Waals surface area contributed by atoms with Gasteiger partial charge in [0.25, 0.3) is 0 Å². The highest BCUT2D eigenvalue weighted by Gasteiger charge is 2.24. The van der Waals surface area contributed by atoms with Gasteiger partial charge in [-0.25, -0.2) is 9.97 Å². The normalized spacial score (nSPS) is 18.7. The van der Waals surface area contributed by atoms with E-state index in [1.54, 1.807) is 11.8 Å². The lowest BCUT2D eigenvalue weighted by atomic mass is 10.1. The molecule has 5 heteroatoms. The van der Waals surface area contributed by atoms with Crippen molar-refractivity contribution in [1.29, 1.82) is 0 Å². The SMILES string of the molecule is Cc1cc(CC(C)N)nc(C2CSc3ccccc3O2)n1. The molecule has 0 spiro atoms. The fourth-order valence-electron chi connectivity index (χ4n) is 2.38. The molecule has 0 bridgehead atoms. The highest BCUT2D eigenvalue weighted by molar-refractivity contribution is 7.99. The Morgan fingerprint density at radius 3 is 3.00 bits per heavy atom. The summed E-state index contributed by atoms with van der Waals surface area (Å²) in [4.78, 5) is 10.4. The molecular formula is C16H19N3OS. The predicted molar refractivity (Wildman–Crippen MR) is 84.7 cm³/mol. The molecule has 0 fully saturated rings. The maximum Gasteiger partial charge on any atom is 0.170 e. The summed E-state index contributed by atoms with van der Waals surface area (Å²) in [6.07, 6.45) is 0.656. The number of aryl methyl sites for hydroxylation is 1. The van der Waals surface area contributed by atoms with Crippen LogP contribution in [0.25, 0.3) is 0 Å². The number of rotatable bonds is 3. The van der Waals surface area contributed by atoms with Crippen molar-refractivity contribution >= 4 is 11.8 Å². The Labute approximate surface area is 129 Å². The Bertz CT molecular complexity index is 645. The van der Waals surface area contributed by atoms with E-state index in [9.17, 15) is 0 Å². The summed E-state index contributed by atoms with van der Waals surface area (Å²) < 4.78 is 6.06. The summed E-state index contributed by atoms with van der Waals surface area (Å²) in [5, 5.41) is 0. The topological polar surface area (TPSA) is 61.0 Å². The van der Waals surface area contributed by atoms with E-state index in [0.29, 0.717) is 0 Å². The quantitative estimate of drug-likeness (QED) is 0.944. The van der Waals surface area contributed by atoms with E-state index in [0.717, 1.165) is 35.1 Å². The number of para-hydroxylation sites is 1. The van der Waals surface area contributed by atoms with Gasteiger partial charge in [0.2, 0.25) is 0 Å². The number of benzene rings is 1. The van der Waals surface area contributed by atoms with Crippen molar-refractivity contribution in [2.24, 2.45) is 5.73 Å². The van der Waals surface area contributed by atoms with Gasteiger partial charge >= 0.3 is 0 Å². The number of nitrogens with two attached hydrogens (primary N) is 1. The zero-order valence-electron chi connectivity index (χ0n) is 12.2. The van der Waals surface area contributed by atoms with Crippen LogP contribution in [0.3, 0.4) is 0 Å². The van der Waals surface area contributed by atoms with Gasteiger partial charge in [-0.3, -0.25) is 0 Å². The molecule has 0 saturated carbocycles. The second-order valence-electron chi connectivity index (χ2n) is 5.40. The standard InChI is InChI=1S/C16H19N3OS/c1-10(17)7-12-8-11(2)18-16(19-12)14-9-21-15-6-4-3-5-13(15)20-14/h3-6,8,10,14H,7,9,17H2,1-2H3. The third-order valence-corrected chi connectivity index (χ3v) is 4.37. The highest BCUT2D eigenvalue weighted by Crippen LogP contribution is 2.39. The summed E-state index contributed by atoms with van der Waals surface area (Å²) >= 11 is 1.79. The summed E-state index contributed by atoms with van der Waals surface area (Å²) in [6.45, 7) is 3.97. The molecule has 2 heterocycles. The smallest absolute Gasteiger partial charge is 0.170 e. The third-order valence-electron chi connectivity index (χ3n) is 3.25. The summed E-state index contributed by atoms with van der Waals surface area (Å²) in [5.74, 6) is 2.50. The minimum atomic E-state index is -0.100. The summed E-state index contributed by atoms with van der Waals surface area (Å²) in [5.41, 5.74) is 7.82. The van der Waals surface area contributed by atoms with Crippen LogP contribution in [0.1, 0.15) is 30.2 Å². The van der Waals surface area contributed by atoms with Crippen LogP contribution in [-0.2, 0) is 6.42 Å². The number of fused-ring (bicyclic) bond motifs is 1. The van der Waals surface area contributed by atoms with E-state index in [-0.39, 0.29) is 12.1 Å². The van der Waals surface area contributed by atoms with Gasteiger partial charge < -0.3 is 10.5 Å². The van der Waals surface area contributed by atoms with Crippen molar-refractivity contribution < 1.29 is 4.74 Å². The fourth-order valence-corrected chi connectivity index (χ4v) is 3.36. The maximum absolute atomic E-state index is 6.06. The Morgan fingerprint density at radius 1 is 1.38 bits per heavy atom. The molecule has 3 rings (SSSR count). The van der Waals surface area contributed by atoms with Gasteiger partial charge in [-0.15, -0.1) is 11.8 Å². The van der Waals surface area contributed by atoms with Crippen molar-refractivity contribution in [1.82, 2.24) is 9.97 Å². The first-order chi connectivity index (χ1) is 10.1. The summed E-state index contributed by atoms with van der Waals surface area (Å²) in [6, 6.07) is 10.2. The van der Waals surface area contributed by atoms with Crippen LogP contribution >= 0.6 is 11.8 Å². The van der Waals surface area contributed by atoms with Crippen molar-refractivity contribution in [3.05, 3.63) is 47.5 Å². The molecule has 1 aromatic carbocycles. The van der Waals surface area contributed by atoms with E-state index in [4.69, 9.17) is 10.5 Å². The molecule has 1 aromatic heterocycles. The van der Waals surface area contributed by atoms with Gasteiger partial charge in [0.15, 0.2) is 11.9 Å². The fraction of sp³-hybridized carbons (Fsp3) is 0.375. The van der Waals surface area contributed by atoms with E-state index in [1.807, 2.05) is 38.1 Å². The van der Waals surface area contributed by atoms with Crippen LogP contribution in [0.15, 0.2) is 35.2 Å². The predicted octanol–water partition coefficient (Wildman–Crippen LogP) is 2.90. The van der Waals surface area contributed by atoms with Gasteiger partial charge in [-0.2, -0.15) is 0 Å². The largest absolute Gasteiger partial charge is 0.480 e. The Morgan fingerprint density at radius 2 is 2.19 bits per heavy atom. The van der Waals surface area contributed by atoms with Crippen LogP contribution in [0.4, 0.5) is 0 Å². The Hall–Kier alpha value is -1.59. The zero-order valence-corrected chi connectivity index (χ0v) is 13.1. The lowest BCUT2D eigenvalue weighted by Crippen LogP contribution is -2.22. The molecular weight excluding hydrogens is 282 g/mol. The average molecular weight is 301 g/mol. The first kappa shape index (κ1) is 14.4. The van der Waals surface area contributed by atoms with Crippen molar-refractivity contribution in [2.75, 3.05) is 5.75 Å². The summed E-state index contributed by atoms with van der Waals surface area (Å²) in [7, 11) is 0. The number of thioether (sulfide) groups is 1. The number of ether oxygens (including phenoxy) is 1. The van der Waals surface area contributed by atoms with Crippen molar-refractivity contribution in [3.8, 4) is 5.75 Å². The van der Waals surface area contributed by atoms with E-state index >= 15 is 0 Å². The number of hydrogen-bond acceptors (Lipinski definition) is 5. The van der Waals surface area contributed by atoms with Gasteiger partial charge in [0, 0.05) is 34.5 Å². The van der Waals surface area contributed by atoms with Gasteiger partial charge in [0.05, 0.1) is 0 Å². The minimum Gasteiger partial charge on any atom is -0.480 e. The van der Waals surface area contributed by atoms with E-state index < -0.39 is 0 Å². The molecule has 2 atom stereocenters. The molecule has 1 aliphatic rings. The number of hydrogen-bond donors (Lipinski definition) is 1. The van der Waals surface area contributed by atoms with Gasteiger partial charge in [0.1, 0.15) is 5.75 Å². The maximum atomic E-state index is 6.06. The third kappa shape index (κ3) is 3.36. The molecule has 2 aromatic rings. The molecule has 2 unspecified atom stereocenters. The van der Waals surface area contributed by atoms with Crippen LogP contribution in [0.5, 0.6) is 5.75 Å². The Kier molecular flexibility index (Phi) is 4.12. The molecule has 1 aliphatic heterocycles. The second kappa shape index (κ2) is 6.03. The molecule has 0 aliphatic carbocycles. The zero-order chi connectivity index (χ0) is 14.8. The number of aromatic nitrogens is 2. The first-order valence-electron chi connectivity index (χ1n) is 7.10. The molecule has 2 N–H and O–H groups in total. The lowest BCUT2D eigenvalue weighted by Gasteiger charge is -2.25. The molecule has 21 heavy (non-hydrogen) atoms. The molecule has 0 radical (unpaired) electrons. The first-order valence-corrected chi connectivity index (χ1v) is 8.09. The van der Waals surface area contributed by atoms with Crippen LogP contribution < -0.4 is 10.5 Å². The van der Waals surface area contributed by atoms with E-state index in [1.165, 1.54) is 4.90 Å². The van der Waals surface area contributed by atoms with Crippen molar-refractivity contribution in [3.63, 3.8) is 0 Å². The minimum absolute atomic E-state index is 0.0922. The Balaban J connectivity index is 1.86. The molecule has 4 nitrogen and oxygen atoms in total. The second-order valence-corrected chi connectivity index (χ2v) is 6.47. The molecule has 0 amide bonds. The monoisotopic (exact) mass is 301 g/mol.